The van der Waals surface area contributed by atoms with Crippen molar-refractivity contribution in [1.29, 1.82) is 0 Å². The Bertz CT molecular complexity index is 445. The Morgan fingerprint density at radius 1 is 1.44 bits per heavy atom. The van der Waals surface area contributed by atoms with Gasteiger partial charge in [0.1, 0.15) is 11.6 Å². The molecule has 1 aliphatic rings. The third kappa shape index (κ3) is 1.83. The zero-order valence-electron chi connectivity index (χ0n) is 8.62. The second-order valence-corrected chi connectivity index (χ2v) is 3.80. The molecule has 0 bridgehead atoms. The summed E-state index contributed by atoms with van der Waals surface area (Å²) in [5.41, 5.74) is 0.135. The summed E-state index contributed by atoms with van der Waals surface area (Å²) in [4.78, 5) is 12.9. The first-order valence-electron chi connectivity index (χ1n) is 5.00. The lowest BCUT2D eigenvalue weighted by molar-refractivity contribution is -0.117. The molecule has 0 saturated carbocycles. The van der Waals surface area contributed by atoms with E-state index in [1.54, 1.807) is 6.08 Å². The van der Waals surface area contributed by atoms with Gasteiger partial charge in [0.2, 0.25) is 5.91 Å². The normalized spacial score (nSPS) is 20.2. The topological polar surface area (TPSA) is 20.3 Å². The molecule has 84 valence electrons. The van der Waals surface area contributed by atoms with E-state index in [1.165, 1.54) is 11.0 Å². The Labute approximate surface area is 92.2 Å². The van der Waals surface area contributed by atoms with E-state index in [-0.39, 0.29) is 17.5 Å². The van der Waals surface area contributed by atoms with Crippen molar-refractivity contribution in [2.75, 3.05) is 11.4 Å². The average molecular weight is 223 g/mol. The molecule has 1 amide bonds. The predicted octanol–water partition coefficient (Wildman–Crippen LogP) is 2.50. The van der Waals surface area contributed by atoms with Gasteiger partial charge in [-0.25, -0.2) is 8.78 Å². The Morgan fingerprint density at radius 3 is 2.75 bits per heavy atom. The lowest BCUT2D eigenvalue weighted by Crippen LogP contribution is -2.25. The average Bonchev–Trinajstić information content (AvgIpc) is 2.60. The highest BCUT2D eigenvalue weighted by molar-refractivity contribution is 5.96. The Balaban J connectivity index is 2.31. The zero-order chi connectivity index (χ0) is 11.7. The van der Waals surface area contributed by atoms with Crippen LogP contribution < -0.4 is 4.90 Å². The van der Waals surface area contributed by atoms with Gasteiger partial charge in [0.25, 0.3) is 0 Å². The molecule has 0 aromatic heterocycles. The van der Waals surface area contributed by atoms with Crippen LogP contribution in [0.4, 0.5) is 14.5 Å². The maximum Gasteiger partial charge on any atom is 0.227 e. The van der Waals surface area contributed by atoms with Crippen LogP contribution in [0, 0.1) is 17.6 Å². The van der Waals surface area contributed by atoms with E-state index in [2.05, 4.69) is 6.58 Å². The van der Waals surface area contributed by atoms with Crippen LogP contribution >= 0.6 is 0 Å². The van der Waals surface area contributed by atoms with Crippen molar-refractivity contribution in [1.82, 2.24) is 0 Å². The maximum atomic E-state index is 13.4. The van der Waals surface area contributed by atoms with Crippen molar-refractivity contribution in [3.05, 3.63) is 42.5 Å². The first-order valence-corrected chi connectivity index (χ1v) is 5.00. The molecule has 0 aliphatic carbocycles. The minimum absolute atomic E-state index is 0.0388. The molecule has 1 saturated heterocycles. The molecule has 0 N–H and O–H groups in total. The summed E-state index contributed by atoms with van der Waals surface area (Å²) in [6, 6.07) is 3.21. The molecule has 1 unspecified atom stereocenters. The van der Waals surface area contributed by atoms with E-state index in [9.17, 15) is 13.6 Å². The molecule has 0 radical (unpaired) electrons. The van der Waals surface area contributed by atoms with E-state index in [1.807, 2.05) is 0 Å². The molecule has 1 aromatic carbocycles. The fourth-order valence-electron chi connectivity index (χ4n) is 1.83. The van der Waals surface area contributed by atoms with Crippen LogP contribution in [-0.2, 0) is 4.79 Å². The molecule has 2 rings (SSSR count). The monoisotopic (exact) mass is 223 g/mol. The van der Waals surface area contributed by atoms with Crippen molar-refractivity contribution in [3.63, 3.8) is 0 Å². The van der Waals surface area contributed by atoms with Crippen LogP contribution in [0.15, 0.2) is 30.9 Å². The number of benzene rings is 1. The fraction of sp³-hybridized carbons (Fsp3) is 0.250. The number of carbonyl (C=O) groups excluding carboxylic acids is 1. The van der Waals surface area contributed by atoms with Crippen LogP contribution in [0.1, 0.15) is 6.42 Å². The number of halogens is 2. The van der Waals surface area contributed by atoms with E-state index >= 15 is 0 Å². The van der Waals surface area contributed by atoms with E-state index in [0.717, 1.165) is 12.1 Å². The van der Waals surface area contributed by atoms with Crippen LogP contribution in [0.5, 0.6) is 0 Å². The van der Waals surface area contributed by atoms with E-state index in [0.29, 0.717) is 13.0 Å². The molecule has 16 heavy (non-hydrogen) atoms. The minimum Gasteiger partial charge on any atom is -0.309 e. The first kappa shape index (κ1) is 10.8. The van der Waals surface area contributed by atoms with Gasteiger partial charge < -0.3 is 4.90 Å². The summed E-state index contributed by atoms with van der Waals surface area (Å²) in [5, 5.41) is 0. The smallest absolute Gasteiger partial charge is 0.227 e. The second-order valence-electron chi connectivity index (χ2n) is 3.80. The summed E-state index contributed by atoms with van der Waals surface area (Å²) in [6.45, 7) is 4.02. The molecule has 1 fully saturated rings. The molecule has 2 nitrogen and oxygen atoms in total. The molecular weight excluding hydrogens is 212 g/mol. The number of hydrogen-bond donors (Lipinski definition) is 0. The largest absolute Gasteiger partial charge is 0.309 e. The van der Waals surface area contributed by atoms with Gasteiger partial charge in [0.05, 0.1) is 5.69 Å². The molecule has 1 atom stereocenters. The molecule has 1 heterocycles. The fourth-order valence-corrected chi connectivity index (χ4v) is 1.83. The van der Waals surface area contributed by atoms with E-state index < -0.39 is 11.6 Å². The standard InChI is InChI=1S/C12H11F2NO/c1-2-8-5-12(16)15(7-8)11-4-3-9(13)6-10(11)14/h2-4,6,8H,1,5,7H2. The quantitative estimate of drug-likeness (QED) is 0.705. The van der Waals surface area contributed by atoms with Crippen molar-refractivity contribution >= 4 is 11.6 Å². The second kappa shape index (κ2) is 4.04. The highest BCUT2D eigenvalue weighted by Gasteiger charge is 2.30. The third-order valence-corrected chi connectivity index (χ3v) is 2.69. The van der Waals surface area contributed by atoms with Gasteiger partial charge in [-0.2, -0.15) is 0 Å². The molecule has 1 aliphatic heterocycles. The molecule has 4 heteroatoms. The number of rotatable bonds is 2. The summed E-state index contributed by atoms with van der Waals surface area (Å²) >= 11 is 0. The van der Waals surface area contributed by atoms with Gasteiger partial charge in [-0.3, -0.25) is 4.79 Å². The summed E-state index contributed by atoms with van der Waals surface area (Å²) in [7, 11) is 0. The Morgan fingerprint density at radius 2 is 2.19 bits per heavy atom. The predicted molar refractivity (Wildman–Crippen MR) is 57.0 cm³/mol. The molecular formula is C12H11F2NO. The minimum atomic E-state index is -0.710. The lowest BCUT2D eigenvalue weighted by atomic mass is 10.1. The van der Waals surface area contributed by atoms with Gasteiger partial charge in [-0.1, -0.05) is 6.08 Å². The number of nitrogens with zero attached hydrogens (tertiary/aromatic N) is 1. The van der Waals surface area contributed by atoms with Crippen LogP contribution in [-0.4, -0.2) is 12.5 Å². The van der Waals surface area contributed by atoms with Gasteiger partial charge in [-0.15, -0.1) is 6.58 Å². The van der Waals surface area contributed by atoms with Gasteiger partial charge in [0, 0.05) is 24.9 Å². The zero-order valence-corrected chi connectivity index (χ0v) is 8.62. The Kier molecular flexibility index (Phi) is 2.73. The van der Waals surface area contributed by atoms with Crippen molar-refractivity contribution in [3.8, 4) is 0 Å². The van der Waals surface area contributed by atoms with E-state index in [4.69, 9.17) is 0 Å². The third-order valence-electron chi connectivity index (χ3n) is 2.69. The van der Waals surface area contributed by atoms with Gasteiger partial charge >= 0.3 is 0 Å². The number of carbonyl (C=O) groups is 1. The van der Waals surface area contributed by atoms with Crippen molar-refractivity contribution < 1.29 is 13.6 Å². The number of amides is 1. The SMILES string of the molecule is C=CC1CC(=O)N(c2ccc(F)cc2F)C1. The molecule has 1 aromatic rings. The lowest BCUT2D eigenvalue weighted by Gasteiger charge is -2.16. The van der Waals surface area contributed by atoms with Crippen molar-refractivity contribution in [2.45, 2.75) is 6.42 Å². The first-order chi connectivity index (χ1) is 7.61. The van der Waals surface area contributed by atoms with Crippen LogP contribution in [0.25, 0.3) is 0 Å². The highest BCUT2D eigenvalue weighted by atomic mass is 19.1. The Hall–Kier alpha value is -1.71. The van der Waals surface area contributed by atoms with Crippen molar-refractivity contribution in [2.24, 2.45) is 5.92 Å². The summed E-state index contributed by atoms with van der Waals surface area (Å²) < 4.78 is 26.2. The van der Waals surface area contributed by atoms with Crippen LogP contribution in [0.2, 0.25) is 0 Å². The maximum absolute atomic E-state index is 13.4. The molecule has 0 spiro atoms. The van der Waals surface area contributed by atoms with Crippen LogP contribution in [0.3, 0.4) is 0 Å². The van der Waals surface area contributed by atoms with Gasteiger partial charge in [-0.05, 0) is 12.1 Å². The van der Waals surface area contributed by atoms with Gasteiger partial charge in [0.15, 0.2) is 0 Å². The number of hydrogen-bond acceptors (Lipinski definition) is 1. The number of anilines is 1. The summed E-state index contributed by atoms with van der Waals surface area (Å²) in [6.07, 6.45) is 2.01. The summed E-state index contributed by atoms with van der Waals surface area (Å²) in [5.74, 6) is -1.47. The highest BCUT2D eigenvalue weighted by Crippen LogP contribution is 2.27.